The van der Waals surface area contributed by atoms with Gasteiger partial charge in [-0.05, 0) is 19.4 Å². The van der Waals surface area contributed by atoms with Gasteiger partial charge in [0.25, 0.3) is 0 Å². The summed E-state index contributed by atoms with van der Waals surface area (Å²) in [7, 11) is 0. The quantitative estimate of drug-likeness (QED) is 0.839. The summed E-state index contributed by atoms with van der Waals surface area (Å²) in [6.45, 7) is 3.68. The summed E-state index contributed by atoms with van der Waals surface area (Å²) < 4.78 is 5.23. The number of hydrogen-bond donors (Lipinski definition) is 1. The Morgan fingerprint density at radius 3 is 2.56 bits per heavy atom. The number of hydrogen-bond acceptors (Lipinski definition) is 3. The van der Waals surface area contributed by atoms with Crippen molar-refractivity contribution in [3.8, 4) is 11.3 Å². The molecule has 0 amide bonds. The first-order valence-electron chi connectivity index (χ1n) is 4.86. The second kappa shape index (κ2) is 3.81. The maximum absolute atomic E-state index is 10.7. The van der Waals surface area contributed by atoms with Crippen LogP contribution in [-0.2, 0) is 0 Å². The summed E-state index contributed by atoms with van der Waals surface area (Å²) in [5.74, 6) is -0.894. The number of aryl methyl sites for hydroxylation is 2. The van der Waals surface area contributed by atoms with Gasteiger partial charge >= 0.3 is 11.9 Å². The predicted molar refractivity (Wildman–Crippen MR) is 58.4 cm³/mol. The van der Waals surface area contributed by atoms with Crippen LogP contribution in [0.25, 0.3) is 11.3 Å². The lowest BCUT2D eigenvalue weighted by Crippen LogP contribution is -1.95. The zero-order valence-electron chi connectivity index (χ0n) is 9.02. The molecule has 0 unspecified atom stereocenters. The molecule has 0 aliphatic rings. The molecule has 0 fully saturated rings. The van der Waals surface area contributed by atoms with Crippen molar-refractivity contribution in [2.45, 2.75) is 13.8 Å². The smallest absolute Gasteiger partial charge is 0.392 e. The molecule has 1 aromatic heterocycles. The highest BCUT2D eigenvalue weighted by Crippen LogP contribution is 2.27. The Bertz CT molecular complexity index is 543. The zero-order valence-corrected chi connectivity index (χ0v) is 9.02. The zero-order chi connectivity index (χ0) is 11.7. The molecule has 1 heterocycles. The highest BCUT2D eigenvalue weighted by atomic mass is 16.4. The average Bonchev–Trinajstić information content (AvgIpc) is 2.61. The van der Waals surface area contributed by atoms with Gasteiger partial charge in [0, 0.05) is 5.56 Å². The minimum atomic E-state index is -1.15. The summed E-state index contributed by atoms with van der Waals surface area (Å²) >= 11 is 0. The first-order valence-corrected chi connectivity index (χ1v) is 4.86. The highest BCUT2D eigenvalue weighted by Gasteiger charge is 2.17. The molecule has 4 nitrogen and oxygen atoms in total. The molecule has 1 N–H and O–H groups in total. The van der Waals surface area contributed by atoms with Crippen LogP contribution in [0.3, 0.4) is 0 Å². The number of nitrogens with zero attached hydrogens (tertiary/aromatic N) is 1. The SMILES string of the molecule is Cc1ccccc1-c1oc(C(=O)O)nc1C. The number of carboxylic acid groups (broad SMARTS) is 1. The molecule has 0 aliphatic carbocycles. The summed E-state index contributed by atoms with van der Waals surface area (Å²) in [6, 6.07) is 7.62. The third-order valence-corrected chi connectivity index (χ3v) is 2.37. The lowest BCUT2D eigenvalue weighted by molar-refractivity contribution is 0.0654. The second-order valence-electron chi connectivity index (χ2n) is 3.55. The normalized spacial score (nSPS) is 10.4. The number of benzene rings is 1. The molecule has 4 heteroatoms. The number of rotatable bonds is 2. The van der Waals surface area contributed by atoms with Crippen LogP contribution >= 0.6 is 0 Å². The summed E-state index contributed by atoms with van der Waals surface area (Å²) in [4.78, 5) is 14.6. The molecule has 16 heavy (non-hydrogen) atoms. The Labute approximate surface area is 92.6 Å². The first kappa shape index (κ1) is 10.4. The number of carboxylic acids is 1. The lowest BCUT2D eigenvalue weighted by Gasteiger charge is -2.01. The maximum Gasteiger partial charge on any atom is 0.392 e. The summed E-state index contributed by atoms with van der Waals surface area (Å²) in [5.41, 5.74) is 2.49. The molecule has 0 bridgehead atoms. The van der Waals surface area contributed by atoms with Crippen LogP contribution in [0.4, 0.5) is 0 Å². The van der Waals surface area contributed by atoms with Crippen LogP contribution in [-0.4, -0.2) is 16.1 Å². The van der Waals surface area contributed by atoms with Crippen LogP contribution in [0.15, 0.2) is 28.7 Å². The van der Waals surface area contributed by atoms with E-state index in [1.807, 2.05) is 31.2 Å². The van der Waals surface area contributed by atoms with Crippen LogP contribution < -0.4 is 0 Å². The van der Waals surface area contributed by atoms with E-state index in [1.165, 1.54) is 0 Å². The van der Waals surface area contributed by atoms with Crippen molar-refractivity contribution in [2.24, 2.45) is 0 Å². The predicted octanol–water partition coefficient (Wildman–Crippen LogP) is 2.66. The van der Waals surface area contributed by atoms with Gasteiger partial charge in [0.2, 0.25) is 0 Å². The van der Waals surface area contributed by atoms with Gasteiger partial charge in [-0.3, -0.25) is 0 Å². The molecule has 1 aromatic carbocycles. The number of oxazole rings is 1. The fourth-order valence-corrected chi connectivity index (χ4v) is 1.57. The highest BCUT2D eigenvalue weighted by molar-refractivity contribution is 5.83. The van der Waals surface area contributed by atoms with E-state index >= 15 is 0 Å². The molecular formula is C12H11NO3. The minimum Gasteiger partial charge on any atom is -0.474 e. The van der Waals surface area contributed by atoms with Gasteiger partial charge in [-0.25, -0.2) is 9.78 Å². The Balaban J connectivity index is 2.57. The molecule has 0 atom stereocenters. The first-order chi connectivity index (χ1) is 7.59. The minimum absolute atomic E-state index is 0.268. The van der Waals surface area contributed by atoms with Crippen LogP contribution in [0, 0.1) is 13.8 Å². The summed E-state index contributed by atoms with van der Waals surface area (Å²) in [6.07, 6.45) is 0. The molecule has 0 spiro atoms. The monoisotopic (exact) mass is 217 g/mol. The van der Waals surface area contributed by atoms with Gasteiger partial charge < -0.3 is 9.52 Å². The van der Waals surface area contributed by atoms with Crippen molar-refractivity contribution in [3.05, 3.63) is 41.4 Å². The van der Waals surface area contributed by atoms with E-state index in [9.17, 15) is 4.79 Å². The van der Waals surface area contributed by atoms with E-state index in [0.717, 1.165) is 11.1 Å². The third-order valence-electron chi connectivity index (χ3n) is 2.37. The van der Waals surface area contributed by atoms with Gasteiger partial charge in [0.1, 0.15) is 0 Å². The van der Waals surface area contributed by atoms with E-state index in [-0.39, 0.29) is 5.89 Å². The van der Waals surface area contributed by atoms with E-state index in [4.69, 9.17) is 9.52 Å². The largest absolute Gasteiger partial charge is 0.474 e. The molecule has 2 rings (SSSR count). The Morgan fingerprint density at radius 1 is 1.31 bits per heavy atom. The molecule has 0 saturated carbocycles. The van der Waals surface area contributed by atoms with E-state index in [1.54, 1.807) is 6.92 Å². The molecule has 0 aliphatic heterocycles. The topological polar surface area (TPSA) is 63.3 Å². The van der Waals surface area contributed by atoms with Gasteiger partial charge in [0.15, 0.2) is 5.76 Å². The fraction of sp³-hybridized carbons (Fsp3) is 0.167. The van der Waals surface area contributed by atoms with Crippen LogP contribution in [0.2, 0.25) is 0 Å². The average molecular weight is 217 g/mol. The third kappa shape index (κ3) is 1.69. The van der Waals surface area contributed by atoms with Crippen molar-refractivity contribution < 1.29 is 14.3 Å². The van der Waals surface area contributed by atoms with E-state index in [0.29, 0.717) is 11.5 Å². The Kier molecular flexibility index (Phi) is 2.48. The van der Waals surface area contributed by atoms with Crippen molar-refractivity contribution in [1.29, 1.82) is 0 Å². The number of aromatic nitrogens is 1. The van der Waals surface area contributed by atoms with E-state index < -0.39 is 5.97 Å². The van der Waals surface area contributed by atoms with Crippen LogP contribution in [0.1, 0.15) is 21.9 Å². The summed E-state index contributed by atoms with van der Waals surface area (Å²) in [5, 5.41) is 8.78. The van der Waals surface area contributed by atoms with Gasteiger partial charge in [-0.15, -0.1) is 0 Å². The van der Waals surface area contributed by atoms with Crippen molar-refractivity contribution >= 4 is 5.97 Å². The Morgan fingerprint density at radius 2 is 2.00 bits per heavy atom. The van der Waals surface area contributed by atoms with Crippen molar-refractivity contribution in [3.63, 3.8) is 0 Å². The van der Waals surface area contributed by atoms with Crippen LogP contribution in [0.5, 0.6) is 0 Å². The van der Waals surface area contributed by atoms with Crippen molar-refractivity contribution in [1.82, 2.24) is 4.98 Å². The molecular weight excluding hydrogens is 206 g/mol. The number of aromatic carboxylic acids is 1. The van der Waals surface area contributed by atoms with E-state index in [2.05, 4.69) is 4.98 Å². The molecule has 0 saturated heterocycles. The lowest BCUT2D eigenvalue weighted by atomic mass is 10.1. The van der Waals surface area contributed by atoms with Crippen molar-refractivity contribution in [2.75, 3.05) is 0 Å². The van der Waals surface area contributed by atoms with Gasteiger partial charge in [0.05, 0.1) is 5.69 Å². The Hall–Kier alpha value is -2.10. The molecule has 0 radical (unpaired) electrons. The molecule has 2 aromatic rings. The maximum atomic E-state index is 10.7. The van der Waals surface area contributed by atoms with Gasteiger partial charge in [-0.2, -0.15) is 0 Å². The second-order valence-corrected chi connectivity index (χ2v) is 3.55. The number of carbonyl (C=O) groups is 1. The fourth-order valence-electron chi connectivity index (χ4n) is 1.57. The van der Waals surface area contributed by atoms with Gasteiger partial charge in [-0.1, -0.05) is 24.3 Å². The standard InChI is InChI=1S/C12H11NO3/c1-7-5-3-4-6-9(7)10-8(2)13-11(16-10)12(14)15/h3-6H,1-2H3,(H,14,15). The molecule has 82 valence electrons.